The Kier molecular flexibility index (Phi) is 5.50. The first-order valence-corrected chi connectivity index (χ1v) is 10.4. The average Bonchev–Trinajstić information content (AvgIpc) is 3.05. The molecular formula is C24H20BrN3O2. The first kappa shape index (κ1) is 20.0. The number of halogens is 1. The van der Waals surface area contributed by atoms with Gasteiger partial charge in [0, 0.05) is 23.3 Å². The number of nitrogens with zero attached hydrogens (tertiary/aromatic N) is 3. The fourth-order valence-corrected chi connectivity index (χ4v) is 4.12. The molecule has 150 valence electrons. The Morgan fingerprint density at radius 2 is 1.53 bits per heavy atom. The summed E-state index contributed by atoms with van der Waals surface area (Å²) in [5, 5.41) is 16.1. The largest absolute Gasteiger partial charge is 0.269 e. The zero-order valence-corrected chi connectivity index (χ0v) is 18.3. The molecule has 0 atom stereocenters. The number of hydrogen-bond donors (Lipinski definition) is 0. The van der Waals surface area contributed by atoms with Crippen molar-refractivity contribution in [3.63, 3.8) is 0 Å². The van der Waals surface area contributed by atoms with Crippen molar-refractivity contribution in [2.75, 3.05) is 0 Å². The molecule has 0 saturated heterocycles. The van der Waals surface area contributed by atoms with Gasteiger partial charge in [0.15, 0.2) is 0 Å². The molecule has 6 heteroatoms. The number of benzene rings is 3. The second kappa shape index (κ2) is 8.24. The van der Waals surface area contributed by atoms with Crippen molar-refractivity contribution in [2.24, 2.45) is 0 Å². The molecule has 0 radical (unpaired) electrons. The van der Waals surface area contributed by atoms with Gasteiger partial charge in [0.1, 0.15) is 5.69 Å². The highest BCUT2D eigenvalue weighted by Gasteiger charge is 2.19. The summed E-state index contributed by atoms with van der Waals surface area (Å²) >= 11 is 3.77. The zero-order chi connectivity index (χ0) is 21.3. The third-order valence-corrected chi connectivity index (χ3v) is 5.75. The molecule has 1 aromatic heterocycles. The van der Waals surface area contributed by atoms with Crippen LogP contribution in [-0.2, 0) is 6.54 Å². The minimum atomic E-state index is -0.374. The number of rotatable bonds is 5. The van der Waals surface area contributed by atoms with Crippen LogP contribution in [-0.4, -0.2) is 14.7 Å². The number of aryl methyl sites for hydroxylation is 2. The van der Waals surface area contributed by atoms with E-state index in [9.17, 15) is 10.1 Å². The zero-order valence-electron chi connectivity index (χ0n) is 16.7. The van der Waals surface area contributed by atoms with E-state index in [1.54, 1.807) is 12.1 Å². The number of nitro benzene ring substituents is 1. The minimum Gasteiger partial charge on any atom is -0.259 e. The molecule has 0 unspecified atom stereocenters. The van der Waals surface area contributed by atoms with Gasteiger partial charge >= 0.3 is 0 Å². The van der Waals surface area contributed by atoms with Crippen LogP contribution in [0.1, 0.15) is 16.7 Å². The predicted molar refractivity (Wildman–Crippen MR) is 122 cm³/mol. The first-order chi connectivity index (χ1) is 14.4. The quantitative estimate of drug-likeness (QED) is 0.250. The van der Waals surface area contributed by atoms with Gasteiger partial charge in [-0.25, -0.2) is 0 Å². The lowest BCUT2D eigenvalue weighted by atomic mass is 10.1. The maximum absolute atomic E-state index is 11.2. The Hall–Kier alpha value is -3.25. The van der Waals surface area contributed by atoms with Crippen LogP contribution in [0.4, 0.5) is 5.69 Å². The van der Waals surface area contributed by atoms with Crippen molar-refractivity contribution in [3.05, 3.63) is 104 Å². The van der Waals surface area contributed by atoms with Gasteiger partial charge in [0.2, 0.25) is 0 Å². The van der Waals surface area contributed by atoms with Crippen LogP contribution in [0.25, 0.3) is 22.5 Å². The lowest BCUT2D eigenvalue weighted by Gasteiger charge is -2.09. The SMILES string of the molecule is Cc1ccc(-c2nn(Cc3cccc([N+](=O)[O-])c3)c(-c3ccc(C)cc3)c2Br)cc1. The van der Waals surface area contributed by atoms with Gasteiger partial charge in [-0.2, -0.15) is 5.10 Å². The van der Waals surface area contributed by atoms with Crippen LogP contribution in [0.3, 0.4) is 0 Å². The minimum absolute atomic E-state index is 0.0781. The normalized spacial score (nSPS) is 10.9. The summed E-state index contributed by atoms with van der Waals surface area (Å²) in [5.74, 6) is 0. The van der Waals surface area contributed by atoms with Gasteiger partial charge in [0.25, 0.3) is 5.69 Å². The molecule has 4 rings (SSSR count). The van der Waals surface area contributed by atoms with E-state index in [1.807, 2.05) is 10.7 Å². The summed E-state index contributed by atoms with van der Waals surface area (Å²) in [6.45, 7) is 4.53. The molecule has 0 N–H and O–H groups in total. The molecule has 0 fully saturated rings. The third kappa shape index (κ3) is 4.04. The highest BCUT2D eigenvalue weighted by Crippen LogP contribution is 2.37. The Morgan fingerprint density at radius 1 is 0.933 bits per heavy atom. The van der Waals surface area contributed by atoms with Crippen LogP contribution < -0.4 is 0 Å². The van der Waals surface area contributed by atoms with Crippen LogP contribution in [0.2, 0.25) is 0 Å². The molecule has 30 heavy (non-hydrogen) atoms. The smallest absolute Gasteiger partial charge is 0.259 e. The van der Waals surface area contributed by atoms with Crippen LogP contribution in [0, 0.1) is 24.0 Å². The van der Waals surface area contributed by atoms with Crippen molar-refractivity contribution in [1.82, 2.24) is 9.78 Å². The number of non-ortho nitro benzene ring substituents is 1. The summed E-state index contributed by atoms with van der Waals surface area (Å²) in [6, 6.07) is 23.2. The van der Waals surface area contributed by atoms with Crippen molar-refractivity contribution < 1.29 is 4.92 Å². The summed E-state index contributed by atoms with van der Waals surface area (Å²) < 4.78 is 2.81. The van der Waals surface area contributed by atoms with Gasteiger partial charge in [0.05, 0.1) is 21.6 Å². The van der Waals surface area contributed by atoms with E-state index in [-0.39, 0.29) is 10.6 Å². The van der Waals surface area contributed by atoms with Gasteiger partial charge in [-0.3, -0.25) is 14.8 Å². The Balaban J connectivity index is 1.84. The summed E-state index contributed by atoms with van der Waals surface area (Å²) in [6.07, 6.45) is 0. The predicted octanol–water partition coefficient (Wildman–Crippen LogP) is 6.55. The van der Waals surface area contributed by atoms with Crippen LogP contribution in [0.5, 0.6) is 0 Å². The second-order valence-corrected chi connectivity index (χ2v) is 8.12. The van der Waals surface area contributed by atoms with Crippen molar-refractivity contribution in [1.29, 1.82) is 0 Å². The third-order valence-electron chi connectivity index (χ3n) is 5.00. The highest BCUT2D eigenvalue weighted by atomic mass is 79.9. The monoisotopic (exact) mass is 461 g/mol. The number of hydrogen-bond acceptors (Lipinski definition) is 3. The molecule has 1 heterocycles. The standard InChI is InChI=1S/C24H20BrN3O2/c1-16-6-10-19(11-7-16)23-22(25)24(20-12-8-17(2)9-13-20)27(26-23)15-18-4-3-5-21(14-18)28(29)30/h3-14H,15H2,1-2H3. The van der Waals surface area contributed by atoms with E-state index in [1.165, 1.54) is 17.2 Å². The van der Waals surface area contributed by atoms with E-state index in [0.29, 0.717) is 6.54 Å². The molecule has 0 aliphatic rings. The molecule has 0 amide bonds. The molecule has 5 nitrogen and oxygen atoms in total. The molecule has 0 aliphatic carbocycles. The highest BCUT2D eigenvalue weighted by molar-refractivity contribution is 9.10. The second-order valence-electron chi connectivity index (χ2n) is 7.33. The van der Waals surface area contributed by atoms with E-state index in [4.69, 9.17) is 5.10 Å². The molecule has 0 aliphatic heterocycles. The van der Waals surface area contributed by atoms with Crippen LogP contribution in [0.15, 0.2) is 77.3 Å². The molecule has 0 spiro atoms. The van der Waals surface area contributed by atoms with Crippen molar-refractivity contribution >= 4 is 21.6 Å². The fraction of sp³-hybridized carbons (Fsp3) is 0.125. The van der Waals surface area contributed by atoms with E-state index >= 15 is 0 Å². The van der Waals surface area contributed by atoms with Crippen molar-refractivity contribution in [3.8, 4) is 22.5 Å². The Morgan fingerprint density at radius 3 is 2.13 bits per heavy atom. The van der Waals surface area contributed by atoms with E-state index in [0.717, 1.165) is 32.6 Å². The molecular weight excluding hydrogens is 442 g/mol. The lowest BCUT2D eigenvalue weighted by Crippen LogP contribution is -2.04. The van der Waals surface area contributed by atoms with Gasteiger partial charge in [-0.05, 0) is 35.3 Å². The number of aromatic nitrogens is 2. The first-order valence-electron chi connectivity index (χ1n) is 9.56. The average molecular weight is 462 g/mol. The van der Waals surface area contributed by atoms with Crippen LogP contribution >= 0.6 is 15.9 Å². The molecule has 4 aromatic rings. The van der Waals surface area contributed by atoms with Gasteiger partial charge in [-0.1, -0.05) is 71.8 Å². The maximum atomic E-state index is 11.2. The van der Waals surface area contributed by atoms with E-state index < -0.39 is 0 Å². The molecule has 3 aromatic carbocycles. The lowest BCUT2D eigenvalue weighted by molar-refractivity contribution is -0.384. The summed E-state index contributed by atoms with van der Waals surface area (Å²) in [7, 11) is 0. The fourth-order valence-electron chi connectivity index (χ4n) is 3.38. The van der Waals surface area contributed by atoms with E-state index in [2.05, 4.69) is 78.3 Å². The number of nitro groups is 1. The topological polar surface area (TPSA) is 61.0 Å². The Labute approximate surface area is 183 Å². The summed E-state index contributed by atoms with van der Waals surface area (Å²) in [5.41, 5.74) is 7.09. The van der Waals surface area contributed by atoms with Gasteiger partial charge < -0.3 is 0 Å². The van der Waals surface area contributed by atoms with Gasteiger partial charge in [-0.15, -0.1) is 0 Å². The maximum Gasteiger partial charge on any atom is 0.269 e. The molecule has 0 saturated carbocycles. The Bertz CT molecular complexity index is 1210. The van der Waals surface area contributed by atoms with Crippen molar-refractivity contribution in [2.45, 2.75) is 20.4 Å². The molecule has 0 bridgehead atoms. The summed E-state index contributed by atoms with van der Waals surface area (Å²) in [4.78, 5) is 10.8.